The normalized spacial score (nSPS) is 25.6. The Kier molecular flexibility index (Phi) is 9.48. The number of rotatable bonds is 3. The van der Waals surface area contributed by atoms with E-state index in [1.807, 2.05) is 11.3 Å². The van der Waals surface area contributed by atoms with Gasteiger partial charge in [0.15, 0.2) is 0 Å². The number of nitrogens with zero attached hydrogens (tertiary/aromatic N) is 3. The van der Waals surface area contributed by atoms with Crippen LogP contribution >= 0.6 is 11.3 Å². The Morgan fingerprint density at radius 2 is 1.15 bits per heavy atom. The molecule has 0 N–H and O–H groups in total. The summed E-state index contributed by atoms with van der Waals surface area (Å²) in [6.07, 6.45) is 8.53. The van der Waals surface area contributed by atoms with Crippen molar-refractivity contribution in [3.05, 3.63) is 155 Å². The van der Waals surface area contributed by atoms with E-state index in [0.717, 1.165) is 61.2 Å². The molecule has 0 radical (unpaired) electrons. The molecule has 80 heavy (non-hydrogen) atoms. The van der Waals surface area contributed by atoms with Crippen molar-refractivity contribution in [2.24, 2.45) is 10.8 Å². The van der Waals surface area contributed by atoms with E-state index in [4.69, 9.17) is 0 Å². The van der Waals surface area contributed by atoms with Crippen molar-refractivity contribution < 1.29 is 4.11 Å². The summed E-state index contributed by atoms with van der Waals surface area (Å²) < 4.78 is 33.4. The minimum atomic E-state index is -0.482. The van der Waals surface area contributed by atoms with Crippen LogP contribution in [0.3, 0.4) is 0 Å². The molecule has 4 atom stereocenters. The lowest BCUT2D eigenvalue weighted by Crippen LogP contribution is -2.65. The zero-order valence-electron chi connectivity index (χ0n) is 53.8. The molecule has 5 heteroatoms. The molecule has 7 aliphatic rings. The molecule has 0 spiro atoms. The van der Waals surface area contributed by atoms with Gasteiger partial charge in [-0.25, -0.2) is 0 Å². The van der Waals surface area contributed by atoms with Crippen molar-refractivity contribution in [2.75, 3.05) is 14.7 Å². The van der Waals surface area contributed by atoms with Gasteiger partial charge in [0.05, 0.1) is 20.9 Å². The largest absolute Gasteiger partial charge is 0.335 e. The number of hydrogen-bond donors (Lipinski definition) is 0. The van der Waals surface area contributed by atoms with E-state index in [0.29, 0.717) is 11.6 Å². The molecule has 0 saturated heterocycles. The Balaban J connectivity index is 1.16. The fourth-order valence-corrected chi connectivity index (χ4v) is 19.9. The average Bonchev–Trinajstić information content (AvgIpc) is 1.59. The maximum Gasteiger partial charge on any atom is 0.253 e. The summed E-state index contributed by atoms with van der Waals surface area (Å²) in [6, 6.07) is 42.5. The van der Waals surface area contributed by atoms with Crippen LogP contribution in [0.15, 0.2) is 121 Å². The number of benzene rings is 7. The molecule has 408 valence electrons. The third-order valence-corrected chi connectivity index (χ3v) is 23.9. The summed E-state index contributed by atoms with van der Waals surface area (Å²) in [5, 5.41) is 2.74. The summed E-state index contributed by atoms with van der Waals surface area (Å²) in [7, 11) is 0. The van der Waals surface area contributed by atoms with Gasteiger partial charge in [-0.1, -0.05) is 189 Å². The van der Waals surface area contributed by atoms with Crippen LogP contribution in [0.4, 0.5) is 39.8 Å². The lowest BCUT2D eigenvalue weighted by Gasteiger charge is -2.55. The SMILES string of the molecule is [2H]c1c([2H])c(C(C)(C)C)c([2H])c2c1N(c1cc3c4c(c1)N1c5c6cc(cc5C5(C)CCCCC15C)C(C(C)(C)C)(C(C)(C)C)c1ccc5sc7ccc(c(c7c5c1)B64)N3c1ccc(C(C)(C)C)cc1-c1ccccc1)C1(C)CCCCC21C. The summed E-state index contributed by atoms with van der Waals surface area (Å²) in [6.45, 7) is 38.5. The van der Waals surface area contributed by atoms with E-state index in [1.165, 1.54) is 106 Å². The van der Waals surface area contributed by atoms with E-state index in [1.54, 1.807) is 0 Å². The van der Waals surface area contributed by atoms with Crippen molar-refractivity contribution in [1.29, 1.82) is 0 Å². The highest BCUT2D eigenvalue weighted by atomic mass is 32.1. The van der Waals surface area contributed by atoms with Crippen LogP contribution in [0, 0.1) is 10.8 Å². The Hall–Kier alpha value is -5.78. The van der Waals surface area contributed by atoms with Crippen LogP contribution in [0.2, 0.25) is 0 Å². The number of anilines is 7. The zero-order chi connectivity index (χ0) is 58.6. The molecule has 5 aliphatic heterocycles. The van der Waals surface area contributed by atoms with Crippen molar-refractivity contribution in [3.63, 3.8) is 0 Å². The molecule has 1 aromatic heterocycles. The van der Waals surface area contributed by atoms with E-state index in [9.17, 15) is 4.11 Å². The fourth-order valence-electron chi connectivity index (χ4n) is 18.8. The number of thiophene rings is 1. The third-order valence-electron chi connectivity index (χ3n) is 22.8. The zero-order valence-corrected chi connectivity index (χ0v) is 51.6. The Labute approximate surface area is 487 Å². The standard InChI is InChI=1S/C75H84BN3S/c1-67(2,3)46-26-29-56(51(38-46)45-24-18-17-19-25-45)77-58-31-33-62-63-52-39-48(28-32-61(52)80-62)75(69(7,8)9,70(10,11)12)49-41-54-66-55(42-49)76(65(58)63)64-59(77)43-50(44-60(64)79(66)74(16)37-23-21-35-72(54,74)14)78-57-30-27-47(68(4,5)6)40-53(57)71(13)34-20-22-36-73(71,78)15/h17-19,24-33,38-44H,20-23,34-37H2,1-16H3/i27D,30D,40D. The lowest BCUT2D eigenvalue weighted by atomic mass is 9.32. The molecule has 4 unspecified atom stereocenters. The number of fused-ring (bicyclic) bond motifs is 9. The highest BCUT2D eigenvalue weighted by molar-refractivity contribution is 7.26. The molecule has 3 nitrogen and oxygen atoms in total. The molecule has 15 rings (SSSR count). The molecular formula is C75H84BN3S. The van der Waals surface area contributed by atoms with Gasteiger partial charge >= 0.3 is 0 Å². The van der Waals surface area contributed by atoms with E-state index in [-0.39, 0.29) is 51.4 Å². The maximum absolute atomic E-state index is 10.4. The lowest BCUT2D eigenvalue weighted by molar-refractivity contribution is 0.0906. The van der Waals surface area contributed by atoms with Gasteiger partial charge in [-0.15, -0.1) is 11.3 Å². The second-order valence-corrected chi connectivity index (χ2v) is 32.0. The summed E-state index contributed by atoms with van der Waals surface area (Å²) in [5.41, 5.74) is 19.3. The molecule has 2 saturated carbocycles. The average molecular weight is 1070 g/mol. The topological polar surface area (TPSA) is 9.72 Å². The summed E-state index contributed by atoms with van der Waals surface area (Å²) in [5.74, 6) is 0. The van der Waals surface area contributed by atoms with Crippen LogP contribution in [0.1, 0.15) is 200 Å². The Bertz CT molecular complexity index is 4170. The first-order valence-electron chi connectivity index (χ1n) is 32.1. The summed E-state index contributed by atoms with van der Waals surface area (Å²) in [4.78, 5) is 8.17. The third kappa shape index (κ3) is 6.14. The second kappa shape index (κ2) is 15.9. The first kappa shape index (κ1) is 47.8. The highest BCUT2D eigenvalue weighted by Crippen LogP contribution is 2.67. The minimum Gasteiger partial charge on any atom is -0.335 e. The molecule has 0 amide bonds. The van der Waals surface area contributed by atoms with Crippen LogP contribution in [0.5, 0.6) is 0 Å². The van der Waals surface area contributed by atoms with Crippen LogP contribution in [-0.2, 0) is 27.1 Å². The molecule has 6 heterocycles. The minimum absolute atomic E-state index is 0.0922. The van der Waals surface area contributed by atoms with Gasteiger partial charge in [0, 0.05) is 70.7 Å². The Morgan fingerprint density at radius 1 is 0.525 bits per heavy atom. The second-order valence-electron chi connectivity index (χ2n) is 30.9. The molecule has 7 aromatic carbocycles. The van der Waals surface area contributed by atoms with Gasteiger partial charge in [0.1, 0.15) is 0 Å². The van der Waals surface area contributed by atoms with Crippen molar-refractivity contribution in [2.45, 2.75) is 200 Å². The predicted octanol–water partition coefficient (Wildman–Crippen LogP) is 19.1. The molecule has 4 bridgehead atoms. The fraction of sp³-hybridized carbons (Fsp3) is 0.440. The summed E-state index contributed by atoms with van der Waals surface area (Å²) >= 11 is 1.95. The van der Waals surface area contributed by atoms with E-state index in [2.05, 4.69) is 229 Å². The van der Waals surface area contributed by atoms with Crippen LogP contribution in [-0.4, -0.2) is 17.8 Å². The van der Waals surface area contributed by atoms with Gasteiger partial charge in [-0.2, -0.15) is 0 Å². The molecule has 2 aliphatic carbocycles. The van der Waals surface area contributed by atoms with Crippen molar-refractivity contribution in [1.82, 2.24) is 0 Å². The van der Waals surface area contributed by atoms with Gasteiger partial charge < -0.3 is 14.7 Å². The molecule has 2 fully saturated rings. The smallest absolute Gasteiger partial charge is 0.253 e. The van der Waals surface area contributed by atoms with Crippen molar-refractivity contribution >= 4 is 94.4 Å². The van der Waals surface area contributed by atoms with Gasteiger partial charge in [-0.05, 0) is 176 Å². The van der Waals surface area contributed by atoms with Gasteiger partial charge in [0.2, 0.25) is 0 Å². The van der Waals surface area contributed by atoms with E-state index >= 15 is 0 Å². The van der Waals surface area contributed by atoms with Gasteiger partial charge in [-0.3, -0.25) is 0 Å². The van der Waals surface area contributed by atoms with Crippen LogP contribution < -0.4 is 31.1 Å². The monoisotopic (exact) mass is 1070 g/mol. The van der Waals surface area contributed by atoms with Gasteiger partial charge in [0.25, 0.3) is 6.71 Å². The highest BCUT2D eigenvalue weighted by Gasteiger charge is 2.64. The molecule has 8 aromatic rings. The molecular weight excluding hydrogens is 986 g/mol. The maximum atomic E-state index is 10.4. The van der Waals surface area contributed by atoms with Crippen LogP contribution in [0.25, 0.3) is 31.3 Å². The predicted molar refractivity (Wildman–Crippen MR) is 347 cm³/mol. The number of hydrogen-bond acceptors (Lipinski definition) is 4. The Morgan fingerprint density at radius 3 is 1.82 bits per heavy atom. The first-order chi connectivity index (χ1) is 38.9. The van der Waals surface area contributed by atoms with E-state index < -0.39 is 16.4 Å². The quantitative estimate of drug-likeness (QED) is 0.163. The van der Waals surface area contributed by atoms with Crippen molar-refractivity contribution in [3.8, 4) is 11.1 Å². The first-order valence-corrected chi connectivity index (χ1v) is 31.4.